The van der Waals surface area contributed by atoms with Crippen molar-refractivity contribution < 1.29 is 14.6 Å². The SMILES string of the molecule is COc1ccc(N/N=C(\C)C2=C(O)CC(C)(C)CC2=O)cc1. The van der Waals surface area contributed by atoms with E-state index in [0.29, 0.717) is 24.1 Å². The van der Waals surface area contributed by atoms with Crippen molar-refractivity contribution >= 4 is 17.2 Å². The molecular formula is C17H22N2O3. The maximum Gasteiger partial charge on any atom is 0.168 e. The third kappa shape index (κ3) is 3.67. The van der Waals surface area contributed by atoms with Gasteiger partial charge in [0.15, 0.2) is 5.78 Å². The molecule has 0 fully saturated rings. The molecular weight excluding hydrogens is 280 g/mol. The molecule has 0 saturated heterocycles. The summed E-state index contributed by atoms with van der Waals surface area (Å²) in [4.78, 5) is 12.2. The van der Waals surface area contributed by atoms with E-state index in [0.717, 1.165) is 11.4 Å². The summed E-state index contributed by atoms with van der Waals surface area (Å²) in [5, 5.41) is 14.4. The largest absolute Gasteiger partial charge is 0.511 e. The van der Waals surface area contributed by atoms with Crippen LogP contribution in [-0.2, 0) is 4.79 Å². The third-order valence-electron chi connectivity index (χ3n) is 3.66. The van der Waals surface area contributed by atoms with Gasteiger partial charge in [-0.2, -0.15) is 5.10 Å². The average Bonchev–Trinajstić information content (AvgIpc) is 2.43. The molecule has 1 aromatic rings. The van der Waals surface area contributed by atoms with Gasteiger partial charge in [-0.25, -0.2) is 0 Å². The summed E-state index contributed by atoms with van der Waals surface area (Å²) >= 11 is 0. The molecule has 22 heavy (non-hydrogen) atoms. The lowest BCUT2D eigenvalue weighted by Gasteiger charge is -2.29. The van der Waals surface area contributed by atoms with E-state index in [1.54, 1.807) is 14.0 Å². The highest BCUT2D eigenvalue weighted by molar-refractivity contribution is 6.22. The van der Waals surface area contributed by atoms with Gasteiger partial charge in [-0.15, -0.1) is 0 Å². The molecule has 0 spiro atoms. The van der Waals surface area contributed by atoms with E-state index < -0.39 is 0 Å². The van der Waals surface area contributed by atoms with Gasteiger partial charge in [-0.3, -0.25) is 10.2 Å². The van der Waals surface area contributed by atoms with Crippen LogP contribution in [0.4, 0.5) is 5.69 Å². The van der Waals surface area contributed by atoms with Gasteiger partial charge in [0.05, 0.1) is 24.1 Å². The number of benzene rings is 1. The fourth-order valence-corrected chi connectivity index (χ4v) is 2.57. The molecule has 0 aliphatic heterocycles. The second-order valence-electron chi connectivity index (χ2n) is 6.30. The molecule has 0 saturated carbocycles. The standard InChI is InChI=1S/C17H22N2O3/c1-11(16-14(20)9-17(2,3)10-15(16)21)18-19-12-5-7-13(22-4)8-6-12/h5-8,19-20H,9-10H2,1-4H3/b18-11+. The quantitative estimate of drug-likeness (QED) is 0.657. The summed E-state index contributed by atoms with van der Waals surface area (Å²) in [6.07, 6.45) is 0.908. The molecule has 0 radical (unpaired) electrons. The number of nitrogens with one attached hydrogen (secondary N) is 1. The second kappa shape index (κ2) is 6.22. The van der Waals surface area contributed by atoms with Gasteiger partial charge in [-0.1, -0.05) is 13.8 Å². The van der Waals surface area contributed by atoms with Crippen molar-refractivity contribution in [2.75, 3.05) is 12.5 Å². The monoisotopic (exact) mass is 302 g/mol. The Kier molecular flexibility index (Phi) is 4.54. The Balaban J connectivity index is 2.16. The molecule has 0 amide bonds. The highest BCUT2D eigenvalue weighted by Crippen LogP contribution is 2.36. The molecule has 2 rings (SSSR count). The second-order valence-corrected chi connectivity index (χ2v) is 6.30. The van der Waals surface area contributed by atoms with Crippen molar-refractivity contribution in [2.24, 2.45) is 10.5 Å². The number of rotatable bonds is 4. The van der Waals surface area contributed by atoms with E-state index in [-0.39, 0.29) is 17.0 Å². The molecule has 5 nitrogen and oxygen atoms in total. The Bertz CT molecular complexity index is 628. The number of hydrogen-bond donors (Lipinski definition) is 2. The van der Waals surface area contributed by atoms with Crippen LogP contribution in [0.2, 0.25) is 0 Å². The zero-order chi connectivity index (χ0) is 16.3. The van der Waals surface area contributed by atoms with E-state index in [4.69, 9.17) is 4.74 Å². The number of allylic oxidation sites excluding steroid dienone is 2. The number of ketones is 1. The van der Waals surface area contributed by atoms with E-state index in [1.807, 2.05) is 38.1 Å². The van der Waals surface area contributed by atoms with Gasteiger partial charge in [0.1, 0.15) is 11.5 Å². The van der Waals surface area contributed by atoms with Crippen molar-refractivity contribution in [3.05, 3.63) is 35.6 Å². The smallest absolute Gasteiger partial charge is 0.168 e. The molecule has 0 unspecified atom stereocenters. The number of anilines is 1. The van der Waals surface area contributed by atoms with Crippen LogP contribution in [0.25, 0.3) is 0 Å². The molecule has 0 aromatic heterocycles. The first-order chi connectivity index (χ1) is 10.3. The lowest BCUT2D eigenvalue weighted by Crippen LogP contribution is -2.28. The number of nitrogens with zero attached hydrogens (tertiary/aromatic N) is 1. The van der Waals surface area contributed by atoms with E-state index >= 15 is 0 Å². The molecule has 1 aliphatic rings. The number of carbonyl (C=O) groups excluding carboxylic acids is 1. The minimum absolute atomic E-state index is 0.0634. The molecule has 2 N–H and O–H groups in total. The average molecular weight is 302 g/mol. The minimum atomic E-state index is -0.200. The normalized spacial score (nSPS) is 18.4. The lowest BCUT2D eigenvalue weighted by atomic mass is 9.76. The topological polar surface area (TPSA) is 70.9 Å². The summed E-state index contributed by atoms with van der Waals surface area (Å²) < 4.78 is 5.09. The van der Waals surface area contributed by atoms with Crippen LogP contribution in [0.15, 0.2) is 40.7 Å². The van der Waals surface area contributed by atoms with Crippen LogP contribution >= 0.6 is 0 Å². The van der Waals surface area contributed by atoms with Gasteiger partial charge in [0.2, 0.25) is 0 Å². The van der Waals surface area contributed by atoms with Crippen LogP contribution < -0.4 is 10.2 Å². The van der Waals surface area contributed by atoms with E-state index in [9.17, 15) is 9.90 Å². The van der Waals surface area contributed by atoms with E-state index in [1.165, 1.54) is 0 Å². The lowest BCUT2D eigenvalue weighted by molar-refractivity contribution is -0.117. The molecule has 1 aliphatic carbocycles. The van der Waals surface area contributed by atoms with Crippen molar-refractivity contribution in [3.8, 4) is 5.75 Å². The van der Waals surface area contributed by atoms with Crippen LogP contribution in [-0.4, -0.2) is 23.7 Å². The predicted octanol–water partition coefficient (Wildman–Crippen LogP) is 3.68. The fourth-order valence-electron chi connectivity index (χ4n) is 2.57. The molecule has 118 valence electrons. The van der Waals surface area contributed by atoms with Crippen molar-refractivity contribution in [1.82, 2.24) is 0 Å². The van der Waals surface area contributed by atoms with Crippen LogP contribution in [0.3, 0.4) is 0 Å². The number of Topliss-reactive ketones (excluding diaryl/α,β-unsaturated/α-hetero) is 1. The third-order valence-corrected chi connectivity index (χ3v) is 3.66. The minimum Gasteiger partial charge on any atom is -0.511 e. The first kappa shape index (κ1) is 16.1. The molecule has 0 atom stereocenters. The number of hydrazone groups is 1. The highest BCUT2D eigenvalue weighted by Gasteiger charge is 2.34. The Morgan fingerprint density at radius 3 is 2.45 bits per heavy atom. The Morgan fingerprint density at radius 2 is 1.91 bits per heavy atom. The van der Waals surface area contributed by atoms with Gasteiger partial charge >= 0.3 is 0 Å². The van der Waals surface area contributed by atoms with Gasteiger partial charge < -0.3 is 9.84 Å². The number of methoxy groups -OCH3 is 1. The van der Waals surface area contributed by atoms with E-state index in [2.05, 4.69) is 10.5 Å². The number of aliphatic hydroxyl groups is 1. The fraction of sp³-hybridized carbons (Fsp3) is 0.412. The maximum atomic E-state index is 12.2. The van der Waals surface area contributed by atoms with Crippen molar-refractivity contribution in [1.29, 1.82) is 0 Å². The van der Waals surface area contributed by atoms with Crippen molar-refractivity contribution in [2.45, 2.75) is 33.6 Å². The Morgan fingerprint density at radius 1 is 1.27 bits per heavy atom. The first-order valence-electron chi connectivity index (χ1n) is 7.22. The number of ether oxygens (including phenoxy) is 1. The summed E-state index contributed by atoms with van der Waals surface area (Å²) in [5.41, 5.74) is 4.30. The Hall–Kier alpha value is -2.30. The van der Waals surface area contributed by atoms with Crippen molar-refractivity contribution in [3.63, 3.8) is 0 Å². The molecule has 0 bridgehead atoms. The molecule has 1 aromatic carbocycles. The van der Waals surface area contributed by atoms with Crippen LogP contribution in [0, 0.1) is 5.41 Å². The summed E-state index contributed by atoms with van der Waals surface area (Å²) in [6, 6.07) is 7.29. The van der Waals surface area contributed by atoms with Gasteiger partial charge in [0.25, 0.3) is 0 Å². The predicted molar refractivity (Wildman–Crippen MR) is 87.4 cm³/mol. The molecule has 5 heteroatoms. The number of carbonyl (C=O) groups is 1. The summed E-state index contributed by atoms with van der Waals surface area (Å²) in [6.45, 7) is 5.66. The van der Waals surface area contributed by atoms with Crippen LogP contribution in [0.5, 0.6) is 5.75 Å². The number of aliphatic hydroxyl groups excluding tert-OH is 1. The first-order valence-corrected chi connectivity index (χ1v) is 7.22. The summed E-state index contributed by atoms with van der Waals surface area (Å²) in [7, 11) is 1.61. The number of hydrogen-bond acceptors (Lipinski definition) is 5. The Labute approximate surface area is 130 Å². The zero-order valence-corrected chi connectivity index (χ0v) is 13.4. The van der Waals surface area contributed by atoms with Gasteiger partial charge in [-0.05, 0) is 36.6 Å². The molecule has 0 heterocycles. The van der Waals surface area contributed by atoms with Gasteiger partial charge in [0, 0.05) is 12.8 Å². The highest BCUT2D eigenvalue weighted by atomic mass is 16.5. The zero-order valence-electron chi connectivity index (χ0n) is 13.4. The summed E-state index contributed by atoms with van der Waals surface area (Å²) in [5.74, 6) is 0.821. The van der Waals surface area contributed by atoms with Crippen LogP contribution in [0.1, 0.15) is 33.6 Å². The maximum absolute atomic E-state index is 12.2.